The first-order chi connectivity index (χ1) is 6.63. The van der Waals surface area contributed by atoms with E-state index in [1.54, 1.807) is 6.92 Å². The predicted molar refractivity (Wildman–Crippen MR) is 57.8 cm³/mol. The van der Waals surface area contributed by atoms with E-state index in [-0.39, 0.29) is 11.5 Å². The minimum Gasteiger partial charge on any atom is -0.299 e. The van der Waals surface area contributed by atoms with Crippen LogP contribution in [-0.2, 0) is 15.6 Å². The van der Waals surface area contributed by atoms with Crippen LogP contribution in [-0.4, -0.2) is 15.7 Å². The molecule has 76 valence electrons. The van der Waals surface area contributed by atoms with E-state index in [9.17, 15) is 9.00 Å². The van der Waals surface area contributed by atoms with Gasteiger partial charge in [0.1, 0.15) is 5.78 Å². The summed E-state index contributed by atoms with van der Waals surface area (Å²) in [7, 11) is -1.17. The first-order valence-electron chi connectivity index (χ1n) is 4.60. The van der Waals surface area contributed by atoms with E-state index >= 15 is 0 Å². The van der Waals surface area contributed by atoms with Gasteiger partial charge < -0.3 is 0 Å². The van der Waals surface area contributed by atoms with Crippen molar-refractivity contribution < 1.29 is 9.00 Å². The third kappa shape index (κ3) is 3.07. The summed E-state index contributed by atoms with van der Waals surface area (Å²) in [5.41, 5.74) is 1.13. The third-order valence-corrected chi connectivity index (χ3v) is 3.35. The van der Waals surface area contributed by atoms with Gasteiger partial charge in [0.05, 0.1) is 16.6 Å². The molecular weight excluding hydrogens is 196 g/mol. The number of carbonyl (C=O) groups excluding carboxylic acids is 1. The molecule has 0 aliphatic carbocycles. The summed E-state index contributed by atoms with van der Waals surface area (Å²) >= 11 is 0. The summed E-state index contributed by atoms with van der Waals surface area (Å²) in [6, 6.07) is 7.44. The highest BCUT2D eigenvalue weighted by molar-refractivity contribution is 7.85. The Morgan fingerprint density at radius 1 is 1.29 bits per heavy atom. The van der Waals surface area contributed by atoms with Crippen molar-refractivity contribution in [3.05, 3.63) is 29.8 Å². The lowest BCUT2D eigenvalue weighted by Gasteiger charge is -2.00. The van der Waals surface area contributed by atoms with Gasteiger partial charge in [0.25, 0.3) is 0 Å². The van der Waals surface area contributed by atoms with Crippen molar-refractivity contribution >= 4 is 16.6 Å². The van der Waals surface area contributed by atoms with Crippen molar-refractivity contribution in [1.82, 2.24) is 0 Å². The summed E-state index contributed by atoms with van der Waals surface area (Å²) in [4.78, 5) is 11.8. The second-order valence-electron chi connectivity index (χ2n) is 3.20. The van der Waals surface area contributed by atoms with Crippen LogP contribution in [0.1, 0.15) is 18.9 Å². The smallest absolute Gasteiger partial charge is 0.145 e. The van der Waals surface area contributed by atoms with Crippen LogP contribution in [0.4, 0.5) is 0 Å². The average molecular weight is 210 g/mol. The summed E-state index contributed by atoms with van der Waals surface area (Å²) in [6.45, 7) is 3.76. The molecule has 0 fully saturated rings. The Kier molecular flexibility index (Phi) is 4.01. The SMILES string of the molecule is CCC(=O)CS(=O)c1ccc(C)cc1. The molecule has 0 aromatic heterocycles. The van der Waals surface area contributed by atoms with Crippen LogP contribution in [0.3, 0.4) is 0 Å². The Labute approximate surface area is 86.8 Å². The Morgan fingerprint density at radius 3 is 2.36 bits per heavy atom. The fraction of sp³-hybridized carbons (Fsp3) is 0.364. The predicted octanol–water partition coefficient (Wildman–Crippen LogP) is 2.08. The second-order valence-corrected chi connectivity index (χ2v) is 4.65. The van der Waals surface area contributed by atoms with Crippen LogP contribution in [0, 0.1) is 6.92 Å². The number of ketones is 1. The summed E-state index contributed by atoms with van der Waals surface area (Å²) in [5.74, 6) is 0.184. The van der Waals surface area contributed by atoms with Gasteiger partial charge in [-0.3, -0.25) is 9.00 Å². The van der Waals surface area contributed by atoms with E-state index < -0.39 is 10.8 Å². The van der Waals surface area contributed by atoms with Crippen molar-refractivity contribution in [2.45, 2.75) is 25.2 Å². The van der Waals surface area contributed by atoms with E-state index in [1.807, 2.05) is 31.2 Å². The number of hydrogen-bond acceptors (Lipinski definition) is 2. The zero-order chi connectivity index (χ0) is 10.6. The molecule has 2 nitrogen and oxygen atoms in total. The van der Waals surface area contributed by atoms with E-state index in [4.69, 9.17) is 0 Å². The topological polar surface area (TPSA) is 34.1 Å². The van der Waals surface area contributed by atoms with Gasteiger partial charge in [-0.25, -0.2) is 0 Å². The molecule has 1 aromatic carbocycles. The monoisotopic (exact) mass is 210 g/mol. The van der Waals surface area contributed by atoms with Gasteiger partial charge in [0, 0.05) is 11.3 Å². The van der Waals surface area contributed by atoms with Crippen molar-refractivity contribution in [1.29, 1.82) is 0 Å². The highest BCUT2D eigenvalue weighted by Gasteiger charge is 2.07. The molecule has 0 bridgehead atoms. The fourth-order valence-corrected chi connectivity index (χ4v) is 2.12. The number of benzene rings is 1. The lowest BCUT2D eigenvalue weighted by Crippen LogP contribution is -2.09. The number of aryl methyl sites for hydroxylation is 1. The molecule has 0 saturated heterocycles. The van der Waals surface area contributed by atoms with Crippen LogP contribution < -0.4 is 0 Å². The number of carbonyl (C=O) groups is 1. The highest BCUT2D eigenvalue weighted by atomic mass is 32.2. The van der Waals surface area contributed by atoms with Crippen LogP contribution >= 0.6 is 0 Å². The molecular formula is C11H14O2S. The Morgan fingerprint density at radius 2 is 1.86 bits per heavy atom. The Hall–Kier alpha value is -0.960. The normalized spacial score (nSPS) is 12.4. The number of hydrogen-bond donors (Lipinski definition) is 0. The molecule has 0 aliphatic rings. The van der Waals surface area contributed by atoms with Gasteiger partial charge in [-0.05, 0) is 19.1 Å². The van der Waals surface area contributed by atoms with E-state index in [2.05, 4.69) is 0 Å². The van der Waals surface area contributed by atoms with E-state index in [0.29, 0.717) is 6.42 Å². The minimum atomic E-state index is -1.17. The highest BCUT2D eigenvalue weighted by Crippen LogP contribution is 2.08. The van der Waals surface area contributed by atoms with Crippen LogP contribution in [0.2, 0.25) is 0 Å². The van der Waals surface area contributed by atoms with E-state index in [0.717, 1.165) is 10.5 Å². The first-order valence-corrected chi connectivity index (χ1v) is 5.92. The molecule has 0 spiro atoms. The first kappa shape index (κ1) is 11.1. The zero-order valence-corrected chi connectivity index (χ0v) is 9.26. The summed E-state index contributed by atoms with van der Waals surface area (Å²) in [5, 5.41) is 0. The van der Waals surface area contributed by atoms with Crippen molar-refractivity contribution in [3.63, 3.8) is 0 Å². The average Bonchev–Trinajstić information content (AvgIpc) is 2.18. The molecule has 0 heterocycles. The van der Waals surface area contributed by atoms with Gasteiger partial charge in [-0.15, -0.1) is 0 Å². The number of rotatable bonds is 4. The molecule has 0 amide bonds. The molecule has 0 radical (unpaired) electrons. The zero-order valence-electron chi connectivity index (χ0n) is 8.45. The maximum Gasteiger partial charge on any atom is 0.145 e. The van der Waals surface area contributed by atoms with Crippen molar-refractivity contribution in [2.24, 2.45) is 0 Å². The summed E-state index contributed by atoms with van der Waals surface area (Å²) < 4.78 is 11.6. The Balaban J connectivity index is 2.70. The molecule has 1 rings (SSSR count). The minimum absolute atomic E-state index is 0.0453. The van der Waals surface area contributed by atoms with Crippen molar-refractivity contribution in [2.75, 3.05) is 5.75 Å². The third-order valence-electron chi connectivity index (χ3n) is 1.97. The van der Waals surface area contributed by atoms with Crippen molar-refractivity contribution in [3.8, 4) is 0 Å². The van der Waals surface area contributed by atoms with Crippen LogP contribution in [0.25, 0.3) is 0 Å². The van der Waals surface area contributed by atoms with E-state index in [1.165, 1.54) is 0 Å². The number of Topliss-reactive ketones (excluding diaryl/α,β-unsaturated/α-hetero) is 1. The molecule has 1 aromatic rings. The maximum absolute atomic E-state index is 11.6. The van der Waals surface area contributed by atoms with Gasteiger partial charge in [-0.2, -0.15) is 0 Å². The second kappa shape index (κ2) is 5.05. The van der Waals surface area contributed by atoms with Crippen LogP contribution in [0.5, 0.6) is 0 Å². The van der Waals surface area contributed by atoms with Gasteiger partial charge >= 0.3 is 0 Å². The summed E-state index contributed by atoms with van der Waals surface area (Å²) in [6.07, 6.45) is 0.456. The maximum atomic E-state index is 11.6. The molecule has 1 atom stereocenters. The molecule has 14 heavy (non-hydrogen) atoms. The molecule has 0 N–H and O–H groups in total. The fourth-order valence-electron chi connectivity index (χ4n) is 1.02. The molecule has 1 unspecified atom stereocenters. The standard InChI is InChI=1S/C11H14O2S/c1-3-10(12)8-14(13)11-6-4-9(2)5-7-11/h4-7H,3,8H2,1-2H3. The van der Waals surface area contributed by atoms with Gasteiger partial charge in [0.15, 0.2) is 0 Å². The lowest BCUT2D eigenvalue weighted by atomic mass is 10.2. The largest absolute Gasteiger partial charge is 0.299 e. The van der Waals surface area contributed by atoms with Crippen LogP contribution in [0.15, 0.2) is 29.2 Å². The van der Waals surface area contributed by atoms with Gasteiger partial charge in [-0.1, -0.05) is 24.6 Å². The molecule has 0 saturated carbocycles. The molecule has 3 heteroatoms. The van der Waals surface area contributed by atoms with Gasteiger partial charge in [0.2, 0.25) is 0 Å². The Bertz CT molecular complexity index is 341. The lowest BCUT2D eigenvalue weighted by molar-refractivity contribution is -0.116. The molecule has 0 aliphatic heterocycles. The quantitative estimate of drug-likeness (QED) is 0.762.